The molecule has 1 N–H and O–H groups in total. The first-order valence-corrected chi connectivity index (χ1v) is 15.1. The molecule has 0 aromatic heterocycles. The number of rotatable bonds is 12. The predicted molar refractivity (Wildman–Crippen MR) is 157 cm³/mol. The van der Waals surface area contributed by atoms with Gasteiger partial charge in [0, 0.05) is 13.1 Å². The summed E-state index contributed by atoms with van der Waals surface area (Å²) in [5, 5.41) is 2.48. The normalized spacial score (nSPS) is 12.5. The van der Waals surface area contributed by atoms with E-state index in [-0.39, 0.29) is 16.5 Å². The van der Waals surface area contributed by atoms with Gasteiger partial charge in [0.25, 0.3) is 10.0 Å². The van der Waals surface area contributed by atoms with Gasteiger partial charge in [-0.2, -0.15) is 13.2 Å². The Balaban J connectivity index is 2.09. The van der Waals surface area contributed by atoms with Crippen molar-refractivity contribution < 1.29 is 31.2 Å². The lowest BCUT2D eigenvalue weighted by molar-refractivity contribution is -0.139. The second-order valence-corrected chi connectivity index (χ2v) is 12.1. The van der Waals surface area contributed by atoms with Crippen LogP contribution in [0.2, 0.25) is 5.02 Å². The molecule has 3 aromatic rings. The van der Waals surface area contributed by atoms with Crippen molar-refractivity contribution in [3.8, 4) is 0 Å². The SMILES string of the molecule is CCCCNC(=O)[C@@H](C)N(Cc1ccc(C)cc1)C(=O)CN(c1cc(C(F)(F)F)ccc1Cl)S(=O)(=O)c1ccccc1. The highest BCUT2D eigenvalue weighted by molar-refractivity contribution is 7.92. The number of carbonyl (C=O) groups is 2. The van der Waals surface area contributed by atoms with Crippen molar-refractivity contribution in [2.75, 3.05) is 17.4 Å². The van der Waals surface area contributed by atoms with Crippen molar-refractivity contribution in [3.63, 3.8) is 0 Å². The number of unbranched alkanes of at least 4 members (excludes halogenated alkanes) is 1. The molecule has 1 atom stereocenters. The minimum absolute atomic E-state index is 0.0446. The Morgan fingerprint density at radius 2 is 1.64 bits per heavy atom. The maximum absolute atomic E-state index is 13.9. The summed E-state index contributed by atoms with van der Waals surface area (Å²) in [5.41, 5.74) is -0.000138. The van der Waals surface area contributed by atoms with Gasteiger partial charge in [0.15, 0.2) is 0 Å². The molecule has 0 aliphatic heterocycles. The van der Waals surface area contributed by atoms with Crippen LogP contribution in [0.4, 0.5) is 18.9 Å². The summed E-state index contributed by atoms with van der Waals surface area (Å²) in [6, 6.07) is 15.5. The smallest absolute Gasteiger partial charge is 0.354 e. The molecule has 0 fully saturated rings. The molecule has 0 bridgehead atoms. The fourth-order valence-corrected chi connectivity index (χ4v) is 5.84. The Kier molecular flexibility index (Phi) is 11.0. The molecule has 12 heteroatoms. The lowest BCUT2D eigenvalue weighted by Crippen LogP contribution is -2.51. The number of nitrogens with zero attached hydrogens (tertiary/aromatic N) is 2. The zero-order chi connectivity index (χ0) is 31.1. The lowest BCUT2D eigenvalue weighted by Gasteiger charge is -2.32. The van der Waals surface area contributed by atoms with E-state index in [0.717, 1.165) is 30.5 Å². The average Bonchev–Trinajstić information content (AvgIpc) is 2.95. The molecule has 226 valence electrons. The Morgan fingerprint density at radius 3 is 2.24 bits per heavy atom. The molecule has 3 aromatic carbocycles. The van der Waals surface area contributed by atoms with Crippen LogP contribution in [-0.4, -0.2) is 44.3 Å². The quantitative estimate of drug-likeness (QED) is 0.244. The standard InChI is InChI=1S/C30H33ClF3N3O4S/c1-4-5-17-35-29(39)22(3)36(19-23-13-11-21(2)12-14-23)28(38)20-37(42(40,41)25-9-7-6-8-10-25)27-18-24(30(32,33)34)15-16-26(27)31/h6-16,18,22H,4-5,17,19-20H2,1-3H3,(H,35,39)/t22-/m1/s1. The second kappa shape index (κ2) is 14.1. The van der Waals surface area contributed by atoms with Gasteiger partial charge in [-0.3, -0.25) is 13.9 Å². The van der Waals surface area contributed by atoms with Crippen LogP contribution < -0.4 is 9.62 Å². The van der Waals surface area contributed by atoms with Gasteiger partial charge in [-0.05, 0) is 56.2 Å². The van der Waals surface area contributed by atoms with Crippen LogP contribution in [0.5, 0.6) is 0 Å². The number of alkyl halides is 3. The van der Waals surface area contributed by atoms with E-state index < -0.39 is 51.9 Å². The van der Waals surface area contributed by atoms with E-state index in [0.29, 0.717) is 22.5 Å². The first-order valence-electron chi connectivity index (χ1n) is 13.3. The first kappa shape index (κ1) is 32.9. The van der Waals surface area contributed by atoms with Crippen molar-refractivity contribution in [1.82, 2.24) is 10.2 Å². The molecule has 0 heterocycles. The molecule has 0 radical (unpaired) electrons. The number of anilines is 1. The molecule has 0 saturated heterocycles. The molecule has 2 amide bonds. The molecule has 0 aliphatic rings. The van der Waals surface area contributed by atoms with Gasteiger partial charge in [0.2, 0.25) is 11.8 Å². The van der Waals surface area contributed by atoms with E-state index >= 15 is 0 Å². The predicted octanol–water partition coefficient (Wildman–Crippen LogP) is 6.20. The molecule has 0 saturated carbocycles. The van der Waals surface area contributed by atoms with Gasteiger partial charge in [-0.25, -0.2) is 8.42 Å². The third kappa shape index (κ3) is 8.25. The highest BCUT2D eigenvalue weighted by atomic mass is 35.5. The van der Waals surface area contributed by atoms with Gasteiger partial charge in [-0.15, -0.1) is 0 Å². The van der Waals surface area contributed by atoms with E-state index in [1.807, 2.05) is 26.0 Å². The topological polar surface area (TPSA) is 86.8 Å². The van der Waals surface area contributed by atoms with E-state index in [9.17, 15) is 31.2 Å². The Morgan fingerprint density at radius 1 is 1.00 bits per heavy atom. The number of nitrogens with one attached hydrogen (secondary N) is 1. The van der Waals surface area contributed by atoms with Gasteiger partial charge in [0.05, 0.1) is 21.2 Å². The number of sulfonamides is 1. The van der Waals surface area contributed by atoms with Crippen LogP contribution in [0, 0.1) is 6.92 Å². The summed E-state index contributed by atoms with van der Waals surface area (Å²) in [4.78, 5) is 27.9. The maximum atomic E-state index is 13.9. The zero-order valence-corrected chi connectivity index (χ0v) is 25.1. The van der Waals surface area contributed by atoms with Crippen molar-refractivity contribution >= 4 is 39.1 Å². The van der Waals surface area contributed by atoms with Gasteiger partial charge < -0.3 is 10.2 Å². The maximum Gasteiger partial charge on any atom is 0.416 e. The number of benzene rings is 3. The Bertz CT molecular complexity index is 1480. The van der Waals surface area contributed by atoms with Crippen molar-refractivity contribution in [2.45, 2.75) is 57.3 Å². The van der Waals surface area contributed by atoms with E-state index in [2.05, 4.69) is 5.32 Å². The molecule has 3 rings (SSSR count). The average molecular weight is 624 g/mol. The Hall–Kier alpha value is -3.57. The Labute approximate surface area is 249 Å². The minimum Gasteiger partial charge on any atom is -0.354 e. The zero-order valence-electron chi connectivity index (χ0n) is 23.5. The number of hydrogen-bond donors (Lipinski definition) is 1. The van der Waals surface area contributed by atoms with Crippen LogP contribution in [0.15, 0.2) is 77.7 Å². The first-order chi connectivity index (χ1) is 19.8. The molecule has 7 nitrogen and oxygen atoms in total. The fraction of sp³-hybridized carbons (Fsp3) is 0.333. The third-order valence-electron chi connectivity index (χ3n) is 6.62. The van der Waals surface area contributed by atoms with E-state index in [1.54, 1.807) is 18.2 Å². The highest BCUT2D eigenvalue weighted by Gasteiger charge is 2.36. The van der Waals surface area contributed by atoms with Gasteiger partial charge in [-0.1, -0.05) is 73.0 Å². The summed E-state index contributed by atoms with van der Waals surface area (Å²) in [7, 11) is -4.58. The van der Waals surface area contributed by atoms with E-state index in [4.69, 9.17) is 11.6 Å². The summed E-state index contributed by atoms with van der Waals surface area (Å²) in [6.07, 6.45) is -3.24. The van der Waals surface area contributed by atoms with E-state index in [1.165, 1.54) is 36.1 Å². The molecule has 0 aliphatic carbocycles. The van der Waals surface area contributed by atoms with Crippen LogP contribution in [0.1, 0.15) is 43.4 Å². The second-order valence-electron chi connectivity index (χ2n) is 9.82. The molecule has 42 heavy (non-hydrogen) atoms. The van der Waals surface area contributed by atoms with Crippen LogP contribution in [0.3, 0.4) is 0 Å². The largest absolute Gasteiger partial charge is 0.416 e. The number of carbonyl (C=O) groups excluding carboxylic acids is 2. The molecule has 0 spiro atoms. The molecular formula is C30H33ClF3N3O4S. The number of aryl methyl sites for hydroxylation is 1. The number of amides is 2. The molecule has 0 unspecified atom stereocenters. The summed E-state index contributed by atoms with van der Waals surface area (Å²) in [6.45, 7) is 4.81. The fourth-order valence-electron chi connectivity index (χ4n) is 4.12. The summed E-state index contributed by atoms with van der Waals surface area (Å²) in [5.74, 6) is -1.25. The van der Waals surface area contributed by atoms with Crippen molar-refractivity contribution in [3.05, 3.63) is 94.5 Å². The molecular weight excluding hydrogens is 591 g/mol. The van der Waals surface area contributed by atoms with Crippen molar-refractivity contribution in [2.24, 2.45) is 0 Å². The van der Waals surface area contributed by atoms with Crippen LogP contribution in [0.25, 0.3) is 0 Å². The minimum atomic E-state index is -4.80. The van der Waals surface area contributed by atoms with Gasteiger partial charge >= 0.3 is 6.18 Å². The van der Waals surface area contributed by atoms with Gasteiger partial charge in [0.1, 0.15) is 12.6 Å². The van der Waals surface area contributed by atoms with Crippen LogP contribution >= 0.6 is 11.6 Å². The monoisotopic (exact) mass is 623 g/mol. The summed E-state index contributed by atoms with van der Waals surface area (Å²) < 4.78 is 69.1. The van der Waals surface area contributed by atoms with Crippen molar-refractivity contribution in [1.29, 1.82) is 0 Å². The summed E-state index contributed by atoms with van der Waals surface area (Å²) >= 11 is 6.26. The third-order valence-corrected chi connectivity index (χ3v) is 8.72. The number of hydrogen-bond acceptors (Lipinski definition) is 4. The number of halogens is 4. The highest BCUT2D eigenvalue weighted by Crippen LogP contribution is 2.37. The lowest BCUT2D eigenvalue weighted by atomic mass is 10.1. The van der Waals surface area contributed by atoms with Crippen LogP contribution in [-0.2, 0) is 32.3 Å².